The minimum absolute atomic E-state index is 0.207. The van der Waals surface area contributed by atoms with Gasteiger partial charge in [0.25, 0.3) is 5.91 Å². The van der Waals surface area contributed by atoms with Crippen LogP contribution >= 0.6 is 0 Å². The fraction of sp³-hybridized carbons (Fsp3) is 0.320. The molecule has 3 aromatic rings. The van der Waals surface area contributed by atoms with Gasteiger partial charge in [-0.1, -0.05) is 30.7 Å². The molecule has 0 radical (unpaired) electrons. The largest absolute Gasteiger partial charge is 0.391 e. The minimum Gasteiger partial charge on any atom is -0.391 e. The molecule has 0 spiro atoms. The molecular weight excluding hydrogens is 430 g/mol. The molecule has 5 rings (SSSR count). The van der Waals surface area contributed by atoms with Gasteiger partial charge in [-0.2, -0.15) is 0 Å². The molecule has 9 heteroatoms. The normalized spacial score (nSPS) is 18.9. The standard InChI is InChI=1S/C25H27N7O2/c26-23(31-22(34)17-4-7-21(28-12-17)32-11-8-20(33)15-32)25(9-1-10-25)19-5-2-16(3-6-19)18-13-29-24(27)30-14-18/h2-7,12-14,20,33H,1,8-11,15H2,(H2,26,31,34)(H2,27,29,30)/t20-/m1/s1. The van der Waals surface area contributed by atoms with E-state index in [0.717, 1.165) is 54.7 Å². The van der Waals surface area contributed by atoms with Gasteiger partial charge in [0.1, 0.15) is 11.7 Å². The summed E-state index contributed by atoms with van der Waals surface area (Å²) in [7, 11) is 0. The summed E-state index contributed by atoms with van der Waals surface area (Å²) < 4.78 is 0. The Kier molecular flexibility index (Phi) is 5.70. The molecule has 2 aliphatic rings. The fourth-order valence-corrected chi connectivity index (χ4v) is 4.64. The number of aromatic nitrogens is 3. The summed E-state index contributed by atoms with van der Waals surface area (Å²) in [5, 5.41) is 21.3. The van der Waals surface area contributed by atoms with Crippen LogP contribution in [0.5, 0.6) is 0 Å². The maximum Gasteiger partial charge on any atom is 0.258 e. The van der Waals surface area contributed by atoms with Gasteiger partial charge in [0, 0.05) is 37.2 Å². The monoisotopic (exact) mass is 457 g/mol. The summed E-state index contributed by atoms with van der Waals surface area (Å²) in [6.07, 6.45) is 7.91. The number of anilines is 2. The molecule has 1 aliphatic heterocycles. The lowest BCUT2D eigenvalue weighted by Crippen LogP contribution is -2.50. The van der Waals surface area contributed by atoms with Crippen molar-refractivity contribution >= 4 is 23.5 Å². The number of hydrogen-bond acceptors (Lipinski definition) is 8. The summed E-state index contributed by atoms with van der Waals surface area (Å²) in [5.74, 6) is 0.842. The van der Waals surface area contributed by atoms with Crippen molar-refractivity contribution in [2.75, 3.05) is 23.7 Å². The van der Waals surface area contributed by atoms with Crippen LogP contribution in [0.2, 0.25) is 0 Å². The van der Waals surface area contributed by atoms with Crippen molar-refractivity contribution in [3.63, 3.8) is 0 Å². The predicted molar refractivity (Wildman–Crippen MR) is 130 cm³/mol. The first-order valence-corrected chi connectivity index (χ1v) is 11.4. The molecule has 1 saturated carbocycles. The number of nitrogens with one attached hydrogen (secondary N) is 2. The van der Waals surface area contributed by atoms with Crippen LogP contribution in [0.25, 0.3) is 11.1 Å². The van der Waals surface area contributed by atoms with Gasteiger partial charge >= 0.3 is 0 Å². The van der Waals surface area contributed by atoms with Crippen LogP contribution in [-0.4, -0.2) is 51.0 Å². The van der Waals surface area contributed by atoms with Crippen molar-refractivity contribution in [2.45, 2.75) is 37.2 Å². The third-order valence-corrected chi connectivity index (χ3v) is 6.86. The van der Waals surface area contributed by atoms with E-state index in [9.17, 15) is 9.90 Å². The van der Waals surface area contributed by atoms with Gasteiger partial charge in [0.05, 0.1) is 17.1 Å². The van der Waals surface area contributed by atoms with Gasteiger partial charge in [-0.3, -0.25) is 10.2 Å². The summed E-state index contributed by atoms with van der Waals surface area (Å²) >= 11 is 0. The Labute approximate surface area is 197 Å². The number of carbonyl (C=O) groups is 1. The van der Waals surface area contributed by atoms with Crippen LogP contribution < -0.4 is 16.0 Å². The molecule has 1 aromatic carbocycles. The zero-order valence-corrected chi connectivity index (χ0v) is 18.7. The quantitative estimate of drug-likeness (QED) is 0.341. The van der Waals surface area contributed by atoms with E-state index in [2.05, 4.69) is 20.3 Å². The lowest BCUT2D eigenvalue weighted by atomic mass is 9.63. The molecule has 34 heavy (non-hydrogen) atoms. The Balaban J connectivity index is 1.28. The van der Waals surface area contributed by atoms with Gasteiger partial charge in [-0.05, 0) is 42.5 Å². The van der Waals surface area contributed by atoms with Crippen molar-refractivity contribution < 1.29 is 9.90 Å². The molecule has 1 atom stereocenters. The van der Waals surface area contributed by atoms with Crippen molar-refractivity contribution in [2.24, 2.45) is 0 Å². The first-order chi connectivity index (χ1) is 16.4. The number of hydrogen-bond donors (Lipinski definition) is 4. The van der Waals surface area contributed by atoms with Gasteiger partial charge in [-0.25, -0.2) is 15.0 Å². The molecule has 1 amide bonds. The SMILES string of the molecule is N=C(NC(=O)c1ccc(N2CC[C@@H](O)C2)nc1)C1(c2ccc(-c3cnc(N)nc3)cc2)CCC1. The van der Waals surface area contributed by atoms with Crippen LogP contribution in [0.3, 0.4) is 0 Å². The number of carbonyl (C=O) groups excluding carboxylic acids is 1. The molecule has 0 unspecified atom stereocenters. The number of aliphatic hydroxyl groups excluding tert-OH is 1. The highest BCUT2D eigenvalue weighted by Gasteiger charge is 2.43. The number of rotatable bonds is 5. The van der Waals surface area contributed by atoms with Gasteiger partial charge in [0.15, 0.2) is 0 Å². The Morgan fingerprint density at radius 3 is 2.35 bits per heavy atom. The fourth-order valence-electron chi connectivity index (χ4n) is 4.64. The van der Waals surface area contributed by atoms with E-state index in [1.54, 1.807) is 24.5 Å². The minimum atomic E-state index is -0.495. The van der Waals surface area contributed by atoms with E-state index in [4.69, 9.17) is 11.1 Å². The number of nitrogens with zero attached hydrogens (tertiary/aromatic N) is 4. The summed E-state index contributed by atoms with van der Waals surface area (Å²) in [6, 6.07) is 11.5. The first-order valence-electron chi connectivity index (χ1n) is 11.4. The summed E-state index contributed by atoms with van der Waals surface area (Å²) in [5.41, 5.74) is 8.32. The van der Waals surface area contributed by atoms with Crippen LogP contribution in [0.1, 0.15) is 41.6 Å². The van der Waals surface area contributed by atoms with E-state index < -0.39 is 5.41 Å². The first kappa shape index (κ1) is 22.0. The van der Waals surface area contributed by atoms with Crippen LogP contribution in [0, 0.1) is 5.41 Å². The number of pyridine rings is 1. The van der Waals surface area contributed by atoms with Crippen LogP contribution in [-0.2, 0) is 5.41 Å². The molecule has 9 nitrogen and oxygen atoms in total. The number of amidine groups is 1. The average molecular weight is 458 g/mol. The van der Waals surface area contributed by atoms with E-state index in [1.165, 1.54) is 6.20 Å². The highest BCUT2D eigenvalue weighted by molar-refractivity contribution is 6.09. The molecule has 174 valence electrons. The maximum absolute atomic E-state index is 12.9. The van der Waals surface area contributed by atoms with Crippen LogP contribution in [0.4, 0.5) is 11.8 Å². The number of nitrogens with two attached hydrogens (primary N) is 1. The Morgan fingerprint density at radius 2 is 1.79 bits per heavy atom. The zero-order valence-electron chi connectivity index (χ0n) is 18.7. The second kappa shape index (κ2) is 8.83. The molecule has 1 aliphatic carbocycles. The van der Waals surface area contributed by atoms with Crippen molar-refractivity contribution in [3.05, 3.63) is 66.1 Å². The van der Waals surface area contributed by atoms with E-state index in [1.807, 2.05) is 29.2 Å². The van der Waals surface area contributed by atoms with Gasteiger partial charge in [-0.15, -0.1) is 0 Å². The lowest BCUT2D eigenvalue weighted by molar-refractivity contribution is 0.0971. The third kappa shape index (κ3) is 4.10. The third-order valence-electron chi connectivity index (χ3n) is 6.86. The number of aliphatic hydroxyl groups is 1. The molecule has 5 N–H and O–H groups in total. The Morgan fingerprint density at radius 1 is 1.06 bits per heavy atom. The Hall–Kier alpha value is -3.85. The highest BCUT2D eigenvalue weighted by atomic mass is 16.3. The molecule has 2 fully saturated rings. The number of β-amino-alcohol motifs (C(OH)–C–C–N with tert-alkyl or cyclic N) is 1. The van der Waals surface area contributed by atoms with Crippen LogP contribution in [0.15, 0.2) is 55.0 Å². The van der Waals surface area contributed by atoms with Crippen molar-refractivity contribution in [1.82, 2.24) is 20.3 Å². The number of benzene rings is 1. The maximum atomic E-state index is 12.9. The number of amides is 1. The summed E-state index contributed by atoms with van der Waals surface area (Å²) in [4.78, 5) is 27.3. The smallest absolute Gasteiger partial charge is 0.258 e. The second-order valence-electron chi connectivity index (χ2n) is 8.97. The van der Waals surface area contributed by atoms with Crippen molar-refractivity contribution in [1.29, 1.82) is 5.41 Å². The summed E-state index contributed by atoms with van der Waals surface area (Å²) in [6.45, 7) is 1.30. The molecule has 2 aromatic heterocycles. The topological polar surface area (TPSA) is 141 Å². The van der Waals surface area contributed by atoms with Gasteiger partial charge in [0.2, 0.25) is 5.95 Å². The number of nitrogen functional groups attached to an aromatic ring is 1. The second-order valence-corrected chi connectivity index (χ2v) is 8.97. The highest BCUT2D eigenvalue weighted by Crippen LogP contribution is 2.44. The van der Waals surface area contributed by atoms with E-state index in [-0.39, 0.29) is 23.8 Å². The predicted octanol–water partition coefficient (Wildman–Crippen LogP) is 2.52. The molecule has 0 bridgehead atoms. The van der Waals surface area contributed by atoms with Crippen molar-refractivity contribution in [3.8, 4) is 11.1 Å². The molecule has 3 heterocycles. The zero-order chi connectivity index (χ0) is 23.7. The molecular formula is C25H27N7O2. The average Bonchev–Trinajstić information content (AvgIpc) is 3.26. The van der Waals surface area contributed by atoms with E-state index >= 15 is 0 Å². The van der Waals surface area contributed by atoms with E-state index in [0.29, 0.717) is 12.1 Å². The lowest BCUT2D eigenvalue weighted by Gasteiger charge is -2.42. The Bertz CT molecular complexity index is 1190. The molecule has 1 saturated heterocycles. The van der Waals surface area contributed by atoms with Gasteiger partial charge < -0.3 is 21.1 Å².